The van der Waals surface area contributed by atoms with Gasteiger partial charge in [-0.3, -0.25) is 0 Å². The van der Waals surface area contributed by atoms with Crippen molar-refractivity contribution in [2.24, 2.45) is 5.92 Å². The molecule has 0 atom stereocenters. The highest BCUT2D eigenvalue weighted by molar-refractivity contribution is 5.90. The molecule has 0 unspecified atom stereocenters. The van der Waals surface area contributed by atoms with Crippen LogP contribution in [0.4, 0.5) is 10.5 Å². The van der Waals surface area contributed by atoms with Crippen molar-refractivity contribution in [3.63, 3.8) is 0 Å². The highest BCUT2D eigenvalue weighted by Crippen LogP contribution is 2.15. The number of amides is 2. The first-order valence-corrected chi connectivity index (χ1v) is 8.18. The lowest BCUT2D eigenvalue weighted by atomic mass is 10.1. The van der Waals surface area contributed by atoms with Gasteiger partial charge < -0.3 is 15.4 Å². The summed E-state index contributed by atoms with van der Waals surface area (Å²) in [6.07, 6.45) is 4.16. The van der Waals surface area contributed by atoms with Crippen LogP contribution in [0, 0.1) is 5.92 Å². The van der Waals surface area contributed by atoms with Crippen molar-refractivity contribution in [1.29, 1.82) is 0 Å². The second-order valence-corrected chi connectivity index (χ2v) is 5.93. The molecule has 130 valence electrons. The van der Waals surface area contributed by atoms with Crippen molar-refractivity contribution in [1.82, 2.24) is 20.1 Å². The first-order chi connectivity index (χ1) is 11.6. The van der Waals surface area contributed by atoms with E-state index in [2.05, 4.69) is 34.6 Å². The van der Waals surface area contributed by atoms with Crippen molar-refractivity contribution in [2.75, 3.05) is 25.1 Å². The molecular formula is C17H25N5O2. The van der Waals surface area contributed by atoms with Gasteiger partial charge in [-0.1, -0.05) is 32.0 Å². The van der Waals surface area contributed by atoms with Gasteiger partial charge in [-0.05, 0) is 24.0 Å². The number of carbonyl (C=O) groups excluding carboxylic acids is 1. The van der Waals surface area contributed by atoms with Gasteiger partial charge in [-0.15, -0.1) is 0 Å². The topological polar surface area (TPSA) is 81.1 Å². The maximum absolute atomic E-state index is 12.0. The summed E-state index contributed by atoms with van der Waals surface area (Å²) in [4.78, 5) is 15.9. The Morgan fingerprint density at radius 2 is 2.12 bits per heavy atom. The Morgan fingerprint density at radius 3 is 2.88 bits per heavy atom. The van der Waals surface area contributed by atoms with E-state index >= 15 is 0 Å². The number of hydrogen-bond donors (Lipinski definition) is 2. The van der Waals surface area contributed by atoms with Crippen LogP contribution in [0.1, 0.15) is 25.8 Å². The van der Waals surface area contributed by atoms with E-state index in [-0.39, 0.29) is 6.03 Å². The second-order valence-electron chi connectivity index (χ2n) is 5.93. The first kappa shape index (κ1) is 17.9. The second kappa shape index (κ2) is 9.67. The molecule has 1 heterocycles. The Bertz CT molecular complexity index is 613. The molecule has 24 heavy (non-hydrogen) atoms. The van der Waals surface area contributed by atoms with Gasteiger partial charge in [0.05, 0.1) is 13.2 Å². The molecular weight excluding hydrogens is 306 g/mol. The van der Waals surface area contributed by atoms with Gasteiger partial charge in [0.25, 0.3) is 0 Å². The molecule has 0 bridgehead atoms. The molecule has 0 aliphatic rings. The molecule has 0 fully saturated rings. The van der Waals surface area contributed by atoms with Crippen molar-refractivity contribution < 1.29 is 9.53 Å². The predicted molar refractivity (Wildman–Crippen MR) is 92.9 cm³/mol. The number of anilines is 1. The molecule has 2 rings (SSSR count). The van der Waals surface area contributed by atoms with E-state index in [1.165, 1.54) is 6.33 Å². The van der Waals surface area contributed by atoms with E-state index in [0.717, 1.165) is 24.3 Å². The molecule has 0 saturated heterocycles. The van der Waals surface area contributed by atoms with Crippen LogP contribution in [-0.2, 0) is 11.3 Å². The third kappa shape index (κ3) is 6.37. The zero-order valence-electron chi connectivity index (χ0n) is 14.2. The van der Waals surface area contributed by atoms with Crippen molar-refractivity contribution >= 4 is 11.7 Å². The lowest BCUT2D eigenvalue weighted by Crippen LogP contribution is -2.32. The number of urea groups is 1. The van der Waals surface area contributed by atoms with Crippen molar-refractivity contribution in [2.45, 2.75) is 26.8 Å². The van der Waals surface area contributed by atoms with Crippen LogP contribution in [0.15, 0.2) is 36.9 Å². The molecule has 0 aliphatic carbocycles. The molecule has 2 N–H and O–H groups in total. The molecule has 0 radical (unpaired) electrons. The summed E-state index contributed by atoms with van der Waals surface area (Å²) in [5, 5.41) is 9.74. The SMILES string of the molecule is CC(C)CCOCCNC(=O)Nc1ccccc1Cn1cncn1. The molecule has 7 heteroatoms. The smallest absolute Gasteiger partial charge is 0.319 e. The number of carbonyl (C=O) groups is 1. The van der Waals surface area contributed by atoms with Gasteiger partial charge in [0.1, 0.15) is 12.7 Å². The van der Waals surface area contributed by atoms with Crippen LogP contribution < -0.4 is 10.6 Å². The van der Waals surface area contributed by atoms with Crippen molar-refractivity contribution in [3.05, 3.63) is 42.5 Å². The van der Waals surface area contributed by atoms with Crippen molar-refractivity contribution in [3.8, 4) is 0 Å². The predicted octanol–water partition coefficient (Wildman–Crippen LogP) is 2.51. The molecule has 1 aromatic carbocycles. The summed E-state index contributed by atoms with van der Waals surface area (Å²) in [7, 11) is 0. The summed E-state index contributed by atoms with van der Waals surface area (Å²) < 4.78 is 7.19. The minimum absolute atomic E-state index is 0.242. The third-order valence-corrected chi connectivity index (χ3v) is 3.44. The fraction of sp³-hybridized carbons (Fsp3) is 0.471. The van der Waals surface area contributed by atoms with Gasteiger partial charge in [-0.25, -0.2) is 14.5 Å². The zero-order valence-corrected chi connectivity index (χ0v) is 14.2. The quantitative estimate of drug-likeness (QED) is 0.692. The van der Waals surface area contributed by atoms with E-state index in [4.69, 9.17) is 4.74 Å². The Kier molecular flexibility index (Phi) is 7.22. The molecule has 0 spiro atoms. The summed E-state index contributed by atoms with van der Waals surface area (Å²) in [6, 6.07) is 7.39. The van der Waals surface area contributed by atoms with E-state index in [0.29, 0.717) is 25.6 Å². The highest BCUT2D eigenvalue weighted by atomic mass is 16.5. The molecule has 2 amide bonds. The number of rotatable bonds is 9. The zero-order chi connectivity index (χ0) is 17.2. The fourth-order valence-electron chi connectivity index (χ4n) is 2.09. The minimum Gasteiger partial charge on any atom is -0.380 e. The average molecular weight is 331 g/mol. The monoisotopic (exact) mass is 331 g/mol. The largest absolute Gasteiger partial charge is 0.380 e. The van der Waals surface area contributed by atoms with Crippen LogP contribution in [-0.4, -0.2) is 40.6 Å². The summed E-state index contributed by atoms with van der Waals surface area (Å²) in [6.45, 7) is 6.59. The van der Waals surface area contributed by atoms with Gasteiger partial charge in [-0.2, -0.15) is 5.10 Å². The summed E-state index contributed by atoms with van der Waals surface area (Å²) in [5.41, 5.74) is 1.72. The molecule has 7 nitrogen and oxygen atoms in total. The van der Waals surface area contributed by atoms with E-state index < -0.39 is 0 Å². The fourth-order valence-corrected chi connectivity index (χ4v) is 2.09. The standard InChI is InChI=1S/C17H25N5O2/c1-14(2)7-9-24-10-8-19-17(23)21-16-6-4-3-5-15(16)11-22-13-18-12-20-22/h3-6,12-14H,7-11H2,1-2H3,(H2,19,21,23). The van der Waals surface area contributed by atoms with Gasteiger partial charge in [0.2, 0.25) is 0 Å². The van der Waals surface area contributed by atoms with E-state index in [1.54, 1.807) is 11.0 Å². The van der Waals surface area contributed by atoms with E-state index in [1.807, 2.05) is 24.3 Å². The Labute approximate surface area is 142 Å². The normalized spacial score (nSPS) is 10.8. The highest BCUT2D eigenvalue weighted by Gasteiger charge is 2.07. The van der Waals surface area contributed by atoms with Crippen LogP contribution in [0.3, 0.4) is 0 Å². The Hall–Kier alpha value is -2.41. The lowest BCUT2D eigenvalue weighted by molar-refractivity contribution is 0.126. The van der Waals surface area contributed by atoms with Crippen LogP contribution in [0.5, 0.6) is 0 Å². The Morgan fingerprint density at radius 1 is 1.29 bits per heavy atom. The van der Waals surface area contributed by atoms with Gasteiger partial charge in [0, 0.05) is 18.8 Å². The maximum Gasteiger partial charge on any atom is 0.319 e. The maximum atomic E-state index is 12.0. The number of aromatic nitrogens is 3. The molecule has 1 aromatic heterocycles. The molecule has 2 aromatic rings. The van der Waals surface area contributed by atoms with Crippen LogP contribution in [0.25, 0.3) is 0 Å². The lowest BCUT2D eigenvalue weighted by Gasteiger charge is -2.12. The van der Waals surface area contributed by atoms with Crippen LogP contribution in [0.2, 0.25) is 0 Å². The minimum atomic E-state index is -0.242. The third-order valence-electron chi connectivity index (χ3n) is 3.44. The Balaban J connectivity index is 1.75. The summed E-state index contributed by atoms with van der Waals surface area (Å²) in [5.74, 6) is 0.628. The van der Waals surface area contributed by atoms with Gasteiger partial charge >= 0.3 is 6.03 Å². The van der Waals surface area contributed by atoms with Gasteiger partial charge in [0.15, 0.2) is 0 Å². The number of ether oxygens (including phenoxy) is 1. The number of benzene rings is 1. The number of hydrogen-bond acceptors (Lipinski definition) is 4. The van der Waals surface area contributed by atoms with Crippen LogP contribution >= 0.6 is 0 Å². The number of para-hydroxylation sites is 1. The number of nitrogens with zero attached hydrogens (tertiary/aromatic N) is 3. The first-order valence-electron chi connectivity index (χ1n) is 8.18. The average Bonchev–Trinajstić information content (AvgIpc) is 3.05. The number of nitrogens with one attached hydrogen (secondary N) is 2. The molecule has 0 aliphatic heterocycles. The van der Waals surface area contributed by atoms with E-state index in [9.17, 15) is 4.79 Å². The molecule has 0 saturated carbocycles. The summed E-state index contributed by atoms with van der Waals surface area (Å²) >= 11 is 0.